The van der Waals surface area contributed by atoms with E-state index >= 15 is 0 Å². The zero-order valence-electron chi connectivity index (χ0n) is 23.4. The first-order chi connectivity index (χ1) is 20.8. The number of fused-ring (bicyclic) bond motifs is 7. The molecule has 0 bridgehead atoms. The van der Waals surface area contributed by atoms with E-state index in [0.717, 1.165) is 60.2 Å². The molecule has 1 fully saturated rings. The van der Waals surface area contributed by atoms with E-state index in [4.69, 9.17) is 14.7 Å². The van der Waals surface area contributed by atoms with Gasteiger partial charge in [0.1, 0.15) is 0 Å². The van der Waals surface area contributed by atoms with E-state index in [-0.39, 0.29) is 12.2 Å². The minimum atomic E-state index is 0.0661. The van der Waals surface area contributed by atoms with Gasteiger partial charge in [-0.05, 0) is 60.1 Å². The molecule has 4 nitrogen and oxygen atoms in total. The van der Waals surface area contributed by atoms with E-state index in [0.29, 0.717) is 5.92 Å². The summed E-state index contributed by atoms with van der Waals surface area (Å²) in [4.78, 5) is 10.6. The van der Waals surface area contributed by atoms with Crippen molar-refractivity contribution in [3.05, 3.63) is 137 Å². The Morgan fingerprint density at radius 3 is 2.45 bits per heavy atom. The highest BCUT2D eigenvalue weighted by molar-refractivity contribution is 5.95. The maximum atomic E-state index is 6.58. The summed E-state index contributed by atoms with van der Waals surface area (Å²) < 4.78 is 8.88. The zero-order valence-corrected chi connectivity index (χ0v) is 23.4. The second kappa shape index (κ2) is 9.50. The number of rotatable bonds is 3. The van der Waals surface area contributed by atoms with Crippen LogP contribution >= 0.6 is 0 Å². The number of hydrogen-bond donors (Lipinski definition) is 0. The summed E-state index contributed by atoms with van der Waals surface area (Å²) in [5.41, 5.74) is 11.3. The predicted molar refractivity (Wildman–Crippen MR) is 170 cm³/mol. The van der Waals surface area contributed by atoms with Gasteiger partial charge in [-0.3, -0.25) is 4.57 Å². The normalized spacial score (nSPS) is 24.1. The molecule has 204 valence electrons. The summed E-state index contributed by atoms with van der Waals surface area (Å²) in [6.45, 7) is 0. The second-order valence-corrected chi connectivity index (χ2v) is 11.9. The van der Waals surface area contributed by atoms with Crippen molar-refractivity contribution in [3.63, 3.8) is 0 Å². The van der Waals surface area contributed by atoms with Crippen LogP contribution in [0.25, 0.3) is 39.4 Å². The second-order valence-electron chi connectivity index (χ2n) is 11.9. The lowest BCUT2D eigenvalue weighted by Gasteiger charge is -2.22. The van der Waals surface area contributed by atoms with Gasteiger partial charge in [-0.2, -0.15) is 0 Å². The van der Waals surface area contributed by atoms with Gasteiger partial charge in [-0.1, -0.05) is 97.2 Å². The predicted octanol–water partition coefficient (Wildman–Crippen LogP) is 8.40. The number of allylic oxidation sites excluding steroid dienone is 10. The molecule has 0 amide bonds. The molecule has 5 aliphatic rings. The molecule has 2 aromatic heterocycles. The molecule has 1 saturated heterocycles. The molecule has 4 heteroatoms. The van der Waals surface area contributed by atoms with Gasteiger partial charge in [-0.15, -0.1) is 0 Å². The zero-order chi connectivity index (χ0) is 27.6. The Balaban J connectivity index is 1.21. The van der Waals surface area contributed by atoms with Gasteiger partial charge in [0, 0.05) is 34.4 Å². The van der Waals surface area contributed by atoms with E-state index in [2.05, 4.69) is 114 Å². The molecular weight excluding hydrogens is 514 g/mol. The molecule has 4 aromatic rings. The largest absolute Gasteiger partial charge is 0.365 e. The third-order valence-electron chi connectivity index (χ3n) is 9.54. The Bertz CT molecular complexity index is 2010. The molecule has 0 radical (unpaired) electrons. The molecule has 0 N–H and O–H groups in total. The topological polar surface area (TPSA) is 39.9 Å². The van der Waals surface area contributed by atoms with Crippen LogP contribution in [-0.2, 0) is 11.2 Å². The van der Waals surface area contributed by atoms with Crippen molar-refractivity contribution in [3.8, 4) is 5.95 Å². The van der Waals surface area contributed by atoms with Gasteiger partial charge >= 0.3 is 0 Å². The van der Waals surface area contributed by atoms with E-state index in [1.54, 1.807) is 0 Å². The Kier molecular flexibility index (Phi) is 5.45. The van der Waals surface area contributed by atoms with Crippen LogP contribution < -0.4 is 0 Å². The van der Waals surface area contributed by atoms with Gasteiger partial charge < -0.3 is 4.74 Å². The van der Waals surface area contributed by atoms with E-state index in [9.17, 15) is 0 Å². The van der Waals surface area contributed by atoms with Crippen LogP contribution in [-0.4, -0.2) is 26.7 Å². The summed E-state index contributed by atoms with van der Waals surface area (Å²) in [7, 11) is 0. The average molecular weight is 546 g/mol. The fraction of sp³-hybridized carbons (Fsp3) is 0.211. The summed E-state index contributed by atoms with van der Waals surface area (Å²) in [6.07, 6.45) is 27.8. The van der Waals surface area contributed by atoms with Crippen molar-refractivity contribution in [1.82, 2.24) is 14.5 Å². The standard InChI is InChI=1S/C38H31N3O/c1-2-10-24(11-3-1)25-18-20-26(21-19-25)37-29-14-4-7-15-32(29)39-38(40-37)41-33-16-8-5-12-27(33)30-22-31-28-13-6-9-17-35(28)42-36(31)23-34(30)41/h1-2,4-10,12-18,20,22,28,35-36H,3,11,19,21,23H2. The van der Waals surface area contributed by atoms with Crippen LogP contribution in [0.5, 0.6) is 0 Å². The summed E-state index contributed by atoms with van der Waals surface area (Å²) in [6, 6.07) is 17.1. The smallest absolute Gasteiger partial charge is 0.235 e. The number of ether oxygens (including phenoxy) is 1. The lowest BCUT2D eigenvalue weighted by atomic mass is 9.84. The van der Waals surface area contributed by atoms with Gasteiger partial charge in [0.05, 0.1) is 28.9 Å². The SMILES string of the molecule is C1=CCCC(C2=CC=C(c3nc(-n4c5c(c6ccccc64)C=C4C(C5)OC5C=CC=CC45)nc4ccccc34)CC2)=C1. The fourth-order valence-corrected chi connectivity index (χ4v) is 7.49. The number of aromatic nitrogens is 3. The average Bonchev–Trinajstić information content (AvgIpc) is 3.58. The van der Waals surface area contributed by atoms with Gasteiger partial charge in [0.25, 0.3) is 0 Å². The van der Waals surface area contributed by atoms with Crippen molar-refractivity contribution < 1.29 is 4.74 Å². The van der Waals surface area contributed by atoms with E-state index in [1.807, 2.05) is 0 Å². The highest BCUT2D eigenvalue weighted by atomic mass is 16.5. The van der Waals surface area contributed by atoms with Crippen LogP contribution in [0.3, 0.4) is 0 Å². The van der Waals surface area contributed by atoms with E-state index < -0.39 is 0 Å². The molecule has 0 saturated carbocycles. The Morgan fingerprint density at radius 2 is 1.57 bits per heavy atom. The summed E-state index contributed by atoms with van der Waals surface area (Å²) in [5, 5.41) is 2.35. The minimum Gasteiger partial charge on any atom is -0.365 e. The molecule has 0 spiro atoms. The van der Waals surface area contributed by atoms with Gasteiger partial charge in [0.2, 0.25) is 5.95 Å². The van der Waals surface area contributed by atoms with Crippen molar-refractivity contribution in [2.45, 2.75) is 44.3 Å². The molecule has 3 heterocycles. The number of para-hydroxylation sites is 2. The van der Waals surface area contributed by atoms with Crippen molar-refractivity contribution >= 4 is 33.5 Å². The molecule has 3 atom stereocenters. The third-order valence-corrected chi connectivity index (χ3v) is 9.54. The maximum absolute atomic E-state index is 6.58. The number of benzene rings is 2. The van der Waals surface area contributed by atoms with Crippen molar-refractivity contribution in [1.29, 1.82) is 0 Å². The molecule has 1 aliphatic heterocycles. The first-order valence-corrected chi connectivity index (χ1v) is 15.2. The first kappa shape index (κ1) is 24.1. The summed E-state index contributed by atoms with van der Waals surface area (Å²) >= 11 is 0. The minimum absolute atomic E-state index is 0.0661. The third kappa shape index (κ3) is 3.72. The Hall–Kier alpha value is -4.54. The lowest BCUT2D eigenvalue weighted by Crippen LogP contribution is -2.20. The maximum Gasteiger partial charge on any atom is 0.235 e. The molecule has 42 heavy (non-hydrogen) atoms. The molecule has 2 aromatic carbocycles. The highest BCUT2D eigenvalue weighted by Crippen LogP contribution is 2.45. The lowest BCUT2D eigenvalue weighted by molar-refractivity contribution is 0.0718. The highest BCUT2D eigenvalue weighted by Gasteiger charge is 2.41. The number of hydrogen-bond acceptors (Lipinski definition) is 3. The van der Waals surface area contributed by atoms with Crippen LogP contribution in [0.15, 0.2) is 120 Å². The Morgan fingerprint density at radius 1 is 0.762 bits per heavy atom. The Labute approximate surface area is 245 Å². The van der Waals surface area contributed by atoms with Crippen LogP contribution in [0, 0.1) is 5.92 Å². The molecular formula is C38H31N3O. The molecule has 3 unspecified atom stereocenters. The summed E-state index contributed by atoms with van der Waals surface area (Å²) in [5.74, 6) is 1.05. The molecule has 9 rings (SSSR count). The van der Waals surface area contributed by atoms with Gasteiger partial charge in [-0.25, -0.2) is 9.97 Å². The van der Waals surface area contributed by atoms with Crippen molar-refractivity contribution in [2.75, 3.05) is 0 Å². The fourth-order valence-electron chi connectivity index (χ4n) is 7.49. The monoisotopic (exact) mass is 545 g/mol. The number of nitrogens with zero attached hydrogens (tertiary/aromatic N) is 3. The van der Waals surface area contributed by atoms with Crippen LogP contribution in [0.4, 0.5) is 0 Å². The quantitative estimate of drug-likeness (QED) is 0.260. The van der Waals surface area contributed by atoms with Crippen LogP contribution in [0.1, 0.15) is 42.6 Å². The van der Waals surface area contributed by atoms with E-state index in [1.165, 1.54) is 38.9 Å². The van der Waals surface area contributed by atoms with Crippen molar-refractivity contribution in [2.24, 2.45) is 5.92 Å². The first-order valence-electron chi connectivity index (χ1n) is 15.2. The molecule has 4 aliphatic carbocycles. The van der Waals surface area contributed by atoms with Crippen LogP contribution in [0.2, 0.25) is 0 Å². The van der Waals surface area contributed by atoms with Gasteiger partial charge in [0.15, 0.2) is 0 Å².